The lowest BCUT2D eigenvalue weighted by molar-refractivity contribution is -0.135. The van der Waals surface area contributed by atoms with E-state index in [9.17, 15) is 9.59 Å². The van der Waals surface area contributed by atoms with Crippen LogP contribution in [0, 0.1) is 19.3 Å². The third kappa shape index (κ3) is 4.35. The van der Waals surface area contributed by atoms with Crippen LogP contribution in [0.3, 0.4) is 0 Å². The molecule has 0 atom stereocenters. The molecule has 0 saturated carbocycles. The number of methoxy groups -OCH3 is 1. The largest absolute Gasteiger partial charge is 0.495 e. The highest BCUT2D eigenvalue weighted by molar-refractivity contribution is 6.32. The van der Waals surface area contributed by atoms with E-state index in [0.717, 1.165) is 11.1 Å². The van der Waals surface area contributed by atoms with Crippen LogP contribution in [-0.4, -0.2) is 18.9 Å². The molecule has 0 fully saturated rings. The summed E-state index contributed by atoms with van der Waals surface area (Å²) in [5.41, 5.74) is 2.08. The summed E-state index contributed by atoms with van der Waals surface area (Å²) >= 11 is 6.07. The molecule has 2 amide bonds. The first kappa shape index (κ1) is 19.8. The van der Waals surface area contributed by atoms with Gasteiger partial charge in [0.2, 0.25) is 11.8 Å². The minimum atomic E-state index is -1.27. The van der Waals surface area contributed by atoms with Gasteiger partial charge in [-0.25, -0.2) is 0 Å². The smallest absolute Gasteiger partial charge is 0.239 e. The number of hydrogen-bond donors (Lipinski definition) is 2. The normalized spacial score (nSPS) is 11.0. The van der Waals surface area contributed by atoms with Crippen LogP contribution in [0.4, 0.5) is 11.4 Å². The fourth-order valence-corrected chi connectivity index (χ4v) is 2.50. The Bertz CT molecular complexity index is 847. The molecule has 2 aromatic carbocycles. The van der Waals surface area contributed by atoms with Gasteiger partial charge >= 0.3 is 0 Å². The summed E-state index contributed by atoms with van der Waals surface area (Å²) in [6.07, 6.45) is 0. The molecule has 0 saturated heterocycles. The molecule has 0 aliphatic carbocycles. The summed E-state index contributed by atoms with van der Waals surface area (Å²) in [5.74, 6) is -0.311. The molecule has 0 heterocycles. The molecule has 0 bridgehead atoms. The summed E-state index contributed by atoms with van der Waals surface area (Å²) in [4.78, 5) is 25.2. The van der Waals surface area contributed by atoms with Gasteiger partial charge in [0.1, 0.15) is 11.2 Å². The molecular formula is C20H23ClN2O3. The zero-order valence-corrected chi connectivity index (χ0v) is 16.3. The quantitative estimate of drug-likeness (QED) is 0.753. The summed E-state index contributed by atoms with van der Waals surface area (Å²) in [7, 11) is 1.51. The molecule has 0 aliphatic rings. The number of nitrogens with one attached hydrogen (secondary N) is 2. The van der Waals surface area contributed by atoms with Gasteiger partial charge in [-0.15, -0.1) is 0 Å². The first-order chi connectivity index (χ1) is 12.1. The van der Waals surface area contributed by atoms with Crippen molar-refractivity contribution < 1.29 is 14.3 Å². The number of hydrogen-bond acceptors (Lipinski definition) is 3. The Balaban J connectivity index is 2.11. The topological polar surface area (TPSA) is 67.4 Å². The molecule has 0 radical (unpaired) electrons. The van der Waals surface area contributed by atoms with Gasteiger partial charge in [-0.3, -0.25) is 9.59 Å². The van der Waals surface area contributed by atoms with E-state index < -0.39 is 17.2 Å². The number of ether oxygens (including phenoxy) is 1. The summed E-state index contributed by atoms with van der Waals surface area (Å²) in [6.45, 7) is 7.11. The van der Waals surface area contributed by atoms with E-state index in [2.05, 4.69) is 10.6 Å². The zero-order valence-electron chi connectivity index (χ0n) is 15.6. The van der Waals surface area contributed by atoms with E-state index in [1.165, 1.54) is 7.11 Å². The number of carbonyl (C=O) groups is 2. The van der Waals surface area contributed by atoms with Gasteiger partial charge in [0.05, 0.1) is 12.1 Å². The molecule has 0 aromatic heterocycles. The number of rotatable bonds is 5. The van der Waals surface area contributed by atoms with Crippen LogP contribution in [0.1, 0.15) is 25.0 Å². The van der Waals surface area contributed by atoms with E-state index in [1.807, 2.05) is 32.0 Å². The molecule has 26 heavy (non-hydrogen) atoms. The predicted octanol–water partition coefficient (Wildman–Crippen LogP) is 4.57. The van der Waals surface area contributed by atoms with E-state index in [1.54, 1.807) is 32.0 Å². The molecular weight excluding hydrogens is 352 g/mol. The maximum atomic E-state index is 12.6. The SMILES string of the molecule is COc1ccc(NC(=O)C(C)(C)C(=O)Nc2ccc(C)c(C)c2)cc1Cl. The van der Waals surface area contributed by atoms with Crippen molar-refractivity contribution >= 4 is 34.8 Å². The lowest BCUT2D eigenvalue weighted by atomic mass is 9.90. The minimum absolute atomic E-state index is 0.377. The highest BCUT2D eigenvalue weighted by atomic mass is 35.5. The van der Waals surface area contributed by atoms with E-state index in [-0.39, 0.29) is 0 Å². The Morgan fingerprint density at radius 3 is 1.96 bits per heavy atom. The van der Waals surface area contributed by atoms with Crippen molar-refractivity contribution in [2.24, 2.45) is 5.41 Å². The molecule has 138 valence electrons. The fourth-order valence-electron chi connectivity index (χ4n) is 2.24. The zero-order chi connectivity index (χ0) is 19.5. The van der Waals surface area contributed by atoms with Crippen molar-refractivity contribution in [3.05, 3.63) is 52.5 Å². The first-order valence-electron chi connectivity index (χ1n) is 8.19. The Morgan fingerprint density at radius 2 is 1.46 bits per heavy atom. The van der Waals surface area contributed by atoms with Crippen LogP contribution in [0.25, 0.3) is 0 Å². The summed E-state index contributed by atoms with van der Waals surface area (Å²) in [5, 5.41) is 5.90. The van der Waals surface area contributed by atoms with Crippen molar-refractivity contribution in [2.45, 2.75) is 27.7 Å². The average molecular weight is 375 g/mol. The van der Waals surface area contributed by atoms with Crippen molar-refractivity contribution in [3.63, 3.8) is 0 Å². The molecule has 0 spiro atoms. The number of benzene rings is 2. The Morgan fingerprint density at radius 1 is 0.923 bits per heavy atom. The van der Waals surface area contributed by atoms with Crippen molar-refractivity contribution in [1.82, 2.24) is 0 Å². The van der Waals surface area contributed by atoms with Crippen molar-refractivity contribution in [1.29, 1.82) is 0 Å². The van der Waals surface area contributed by atoms with E-state index in [4.69, 9.17) is 16.3 Å². The minimum Gasteiger partial charge on any atom is -0.495 e. The molecule has 2 N–H and O–H groups in total. The fraction of sp³-hybridized carbons (Fsp3) is 0.300. The van der Waals surface area contributed by atoms with Crippen LogP contribution in [0.5, 0.6) is 5.75 Å². The maximum Gasteiger partial charge on any atom is 0.239 e. The van der Waals surface area contributed by atoms with Gasteiger partial charge in [0.15, 0.2) is 0 Å². The highest BCUT2D eigenvalue weighted by Crippen LogP contribution is 2.29. The van der Waals surface area contributed by atoms with Crippen molar-refractivity contribution in [2.75, 3.05) is 17.7 Å². The average Bonchev–Trinajstić information content (AvgIpc) is 2.58. The number of carbonyl (C=O) groups excluding carboxylic acids is 2. The number of amides is 2. The Kier molecular flexibility index (Phi) is 5.93. The second-order valence-electron chi connectivity index (χ2n) is 6.68. The standard InChI is InChI=1S/C20H23ClN2O3/c1-12-6-7-14(10-13(12)2)22-18(24)20(3,4)19(25)23-15-8-9-17(26-5)16(21)11-15/h6-11H,1-5H3,(H,22,24)(H,23,25). The molecule has 2 rings (SSSR count). The van der Waals surface area contributed by atoms with Crippen molar-refractivity contribution in [3.8, 4) is 5.75 Å². The van der Waals surface area contributed by atoms with Crippen LogP contribution in [-0.2, 0) is 9.59 Å². The second-order valence-corrected chi connectivity index (χ2v) is 7.09. The molecule has 2 aromatic rings. The van der Waals surface area contributed by atoms with Gasteiger partial charge in [-0.1, -0.05) is 17.7 Å². The monoisotopic (exact) mass is 374 g/mol. The summed E-state index contributed by atoms with van der Waals surface area (Å²) in [6, 6.07) is 10.5. The highest BCUT2D eigenvalue weighted by Gasteiger charge is 2.36. The Labute approximate surface area is 158 Å². The van der Waals surface area contributed by atoms with Gasteiger partial charge < -0.3 is 15.4 Å². The lowest BCUT2D eigenvalue weighted by Crippen LogP contribution is -2.41. The second kappa shape index (κ2) is 7.79. The van der Waals surface area contributed by atoms with Crippen LogP contribution >= 0.6 is 11.6 Å². The summed E-state index contributed by atoms with van der Waals surface area (Å²) < 4.78 is 5.09. The van der Waals surface area contributed by atoms with E-state index in [0.29, 0.717) is 22.1 Å². The van der Waals surface area contributed by atoms with Crippen LogP contribution < -0.4 is 15.4 Å². The van der Waals surface area contributed by atoms with Gasteiger partial charge in [-0.05, 0) is 69.2 Å². The number of halogens is 1. The molecule has 0 unspecified atom stereocenters. The van der Waals surface area contributed by atoms with E-state index >= 15 is 0 Å². The van der Waals surface area contributed by atoms with Gasteiger partial charge in [-0.2, -0.15) is 0 Å². The van der Waals surface area contributed by atoms with Gasteiger partial charge in [0.25, 0.3) is 0 Å². The molecule has 5 nitrogen and oxygen atoms in total. The molecule has 6 heteroatoms. The molecule has 0 aliphatic heterocycles. The number of anilines is 2. The van der Waals surface area contributed by atoms with Crippen LogP contribution in [0.2, 0.25) is 5.02 Å². The predicted molar refractivity (Wildman–Crippen MR) is 105 cm³/mol. The maximum absolute atomic E-state index is 12.6. The van der Waals surface area contributed by atoms with Gasteiger partial charge in [0, 0.05) is 11.4 Å². The number of aryl methyl sites for hydroxylation is 2. The van der Waals surface area contributed by atoms with Crippen LogP contribution in [0.15, 0.2) is 36.4 Å². The first-order valence-corrected chi connectivity index (χ1v) is 8.56. The lowest BCUT2D eigenvalue weighted by Gasteiger charge is -2.23. The third-order valence-electron chi connectivity index (χ3n) is 4.31. The third-order valence-corrected chi connectivity index (χ3v) is 4.61. The Hall–Kier alpha value is -2.53.